The number of benzene rings is 2. The van der Waals surface area contributed by atoms with Gasteiger partial charge in [-0.05, 0) is 24.3 Å². The highest BCUT2D eigenvalue weighted by Crippen LogP contribution is 2.45. The molecule has 0 fully saturated rings. The van der Waals surface area contributed by atoms with Gasteiger partial charge < -0.3 is 19.5 Å². The topological polar surface area (TPSA) is 69.7 Å². The summed E-state index contributed by atoms with van der Waals surface area (Å²) in [6, 6.07) is 12.0. The van der Waals surface area contributed by atoms with Crippen LogP contribution in [0.2, 0.25) is 0 Å². The minimum absolute atomic E-state index is 0.0652. The van der Waals surface area contributed by atoms with Crippen molar-refractivity contribution in [2.75, 3.05) is 39.2 Å². The van der Waals surface area contributed by atoms with Crippen molar-refractivity contribution in [3.05, 3.63) is 47.7 Å². The molecule has 0 bridgehead atoms. The standard InChI is InChI=1S/C19H24N2O4S/c1-14(13-21(2,3)22)12-20-16-7-5-6-8-18(16)26(23,24)19-10-9-15(25-4)11-17(19)20/h5-11,14H,12-13H2,1-4H3/t14-/m0/s1. The van der Waals surface area contributed by atoms with Gasteiger partial charge in [-0.3, -0.25) is 0 Å². The van der Waals surface area contributed by atoms with Crippen LogP contribution in [0, 0.1) is 11.1 Å². The van der Waals surface area contributed by atoms with E-state index < -0.39 is 9.84 Å². The Hall–Kier alpha value is -2.09. The number of quaternary nitrogens is 1. The molecule has 0 saturated carbocycles. The van der Waals surface area contributed by atoms with Crippen LogP contribution in [0.4, 0.5) is 11.4 Å². The number of sulfone groups is 1. The minimum atomic E-state index is -3.59. The van der Waals surface area contributed by atoms with Crippen LogP contribution in [0.3, 0.4) is 0 Å². The summed E-state index contributed by atoms with van der Waals surface area (Å²) in [6.45, 7) is 2.98. The first-order valence-corrected chi connectivity index (χ1v) is 9.95. The maximum atomic E-state index is 13.0. The van der Waals surface area contributed by atoms with Crippen molar-refractivity contribution in [3.8, 4) is 5.75 Å². The van der Waals surface area contributed by atoms with Crippen LogP contribution in [0.5, 0.6) is 5.75 Å². The Morgan fingerprint density at radius 2 is 1.77 bits per heavy atom. The lowest BCUT2D eigenvalue weighted by atomic mass is 10.1. The van der Waals surface area contributed by atoms with E-state index in [4.69, 9.17) is 4.74 Å². The summed E-state index contributed by atoms with van der Waals surface area (Å²) < 4.78 is 31.0. The van der Waals surface area contributed by atoms with Gasteiger partial charge >= 0.3 is 0 Å². The summed E-state index contributed by atoms with van der Waals surface area (Å²) in [5.41, 5.74) is 1.22. The molecule has 140 valence electrons. The number of methoxy groups -OCH3 is 1. The second kappa shape index (κ2) is 6.57. The SMILES string of the molecule is COc1ccc2c(c1)N(C[C@H](C)C[N+](C)(C)[O-])c1ccccc1S2(=O)=O. The molecule has 26 heavy (non-hydrogen) atoms. The number of ether oxygens (including phenoxy) is 1. The Morgan fingerprint density at radius 1 is 1.12 bits per heavy atom. The fourth-order valence-corrected chi connectivity index (χ4v) is 5.17. The summed E-state index contributed by atoms with van der Waals surface area (Å²) in [5.74, 6) is 0.659. The van der Waals surface area contributed by atoms with Gasteiger partial charge in [0.2, 0.25) is 9.84 Å². The quantitative estimate of drug-likeness (QED) is 0.592. The molecule has 1 aliphatic rings. The molecular weight excluding hydrogens is 352 g/mol. The smallest absolute Gasteiger partial charge is 0.210 e. The molecule has 0 amide bonds. The van der Waals surface area contributed by atoms with Gasteiger partial charge in [-0.15, -0.1) is 0 Å². The maximum Gasteiger partial charge on any atom is 0.210 e. The Kier molecular flexibility index (Phi) is 4.72. The van der Waals surface area contributed by atoms with Crippen LogP contribution in [-0.4, -0.2) is 47.4 Å². The van der Waals surface area contributed by atoms with Gasteiger partial charge in [0, 0.05) is 18.5 Å². The van der Waals surface area contributed by atoms with Crippen molar-refractivity contribution in [2.45, 2.75) is 16.7 Å². The van der Waals surface area contributed by atoms with E-state index >= 15 is 0 Å². The Morgan fingerprint density at radius 3 is 2.42 bits per heavy atom. The number of anilines is 2. The molecule has 0 aliphatic carbocycles. The van der Waals surface area contributed by atoms with Gasteiger partial charge in [0.1, 0.15) is 5.75 Å². The Labute approximate surface area is 154 Å². The Bertz CT molecular complexity index is 919. The Balaban J connectivity index is 2.12. The van der Waals surface area contributed by atoms with Crippen molar-refractivity contribution in [2.24, 2.45) is 5.92 Å². The fraction of sp³-hybridized carbons (Fsp3) is 0.368. The summed E-state index contributed by atoms with van der Waals surface area (Å²) in [4.78, 5) is 2.54. The monoisotopic (exact) mass is 376 g/mol. The van der Waals surface area contributed by atoms with E-state index in [1.165, 1.54) is 0 Å². The third-order valence-electron chi connectivity index (χ3n) is 4.44. The van der Waals surface area contributed by atoms with Crippen LogP contribution < -0.4 is 9.64 Å². The maximum absolute atomic E-state index is 13.0. The molecule has 0 radical (unpaired) electrons. The van der Waals surface area contributed by atoms with E-state index in [0.717, 1.165) is 0 Å². The first kappa shape index (κ1) is 18.7. The van der Waals surface area contributed by atoms with Crippen molar-refractivity contribution >= 4 is 21.2 Å². The predicted octanol–water partition coefficient (Wildman–Crippen LogP) is 3.19. The van der Waals surface area contributed by atoms with Gasteiger partial charge in [0.25, 0.3) is 0 Å². The minimum Gasteiger partial charge on any atom is -0.633 e. The van der Waals surface area contributed by atoms with Crippen molar-refractivity contribution < 1.29 is 17.8 Å². The first-order valence-electron chi connectivity index (χ1n) is 8.47. The largest absolute Gasteiger partial charge is 0.633 e. The molecule has 0 saturated heterocycles. The lowest BCUT2D eigenvalue weighted by Gasteiger charge is -2.39. The fourth-order valence-electron chi connectivity index (χ4n) is 3.53. The zero-order valence-electron chi connectivity index (χ0n) is 15.5. The highest BCUT2D eigenvalue weighted by Gasteiger charge is 2.35. The molecule has 2 aromatic carbocycles. The average molecular weight is 376 g/mol. The van der Waals surface area contributed by atoms with Gasteiger partial charge in [-0.25, -0.2) is 8.42 Å². The number of rotatable bonds is 5. The number of para-hydroxylation sites is 1. The zero-order valence-corrected chi connectivity index (χ0v) is 16.3. The molecular formula is C19H24N2O4S. The molecule has 3 rings (SSSR count). The van der Waals surface area contributed by atoms with Crippen LogP contribution >= 0.6 is 0 Å². The number of hydrogen-bond acceptors (Lipinski definition) is 5. The van der Waals surface area contributed by atoms with Crippen molar-refractivity contribution in [1.29, 1.82) is 0 Å². The third kappa shape index (κ3) is 3.42. The lowest BCUT2D eigenvalue weighted by molar-refractivity contribution is -0.843. The van der Waals surface area contributed by atoms with Crippen LogP contribution in [0.1, 0.15) is 6.92 Å². The molecule has 1 atom stereocenters. The molecule has 0 N–H and O–H groups in total. The molecule has 0 aromatic heterocycles. The van der Waals surface area contributed by atoms with Crippen molar-refractivity contribution in [1.82, 2.24) is 0 Å². The summed E-state index contributed by atoms with van der Waals surface area (Å²) in [5, 5.41) is 12.1. The highest BCUT2D eigenvalue weighted by molar-refractivity contribution is 7.92. The summed E-state index contributed by atoms with van der Waals surface area (Å²) in [6.07, 6.45) is 0. The molecule has 1 heterocycles. The number of fused-ring (bicyclic) bond motifs is 2. The second-order valence-electron chi connectivity index (χ2n) is 7.28. The van der Waals surface area contributed by atoms with Crippen molar-refractivity contribution in [3.63, 3.8) is 0 Å². The van der Waals surface area contributed by atoms with Gasteiger partial charge in [0.05, 0.1) is 48.9 Å². The molecule has 6 nitrogen and oxygen atoms in total. The van der Waals surface area contributed by atoms with Crippen LogP contribution in [0.15, 0.2) is 52.3 Å². The predicted molar refractivity (Wildman–Crippen MR) is 101 cm³/mol. The van der Waals surface area contributed by atoms with E-state index in [1.807, 2.05) is 17.9 Å². The lowest BCUT2D eigenvalue weighted by Crippen LogP contribution is -2.40. The van der Waals surface area contributed by atoms with Crippen LogP contribution in [0.25, 0.3) is 0 Å². The second-order valence-corrected chi connectivity index (χ2v) is 9.16. The summed E-state index contributed by atoms with van der Waals surface area (Å²) >= 11 is 0. The molecule has 7 heteroatoms. The van der Waals surface area contributed by atoms with Gasteiger partial charge in [0.15, 0.2) is 0 Å². The number of hydroxylamine groups is 3. The molecule has 0 unspecified atom stereocenters. The van der Waals surface area contributed by atoms with Crippen LogP contribution in [-0.2, 0) is 9.84 Å². The molecule has 2 aromatic rings. The normalized spacial score (nSPS) is 16.6. The summed E-state index contributed by atoms with van der Waals surface area (Å²) in [7, 11) is 1.19. The highest BCUT2D eigenvalue weighted by atomic mass is 32.2. The van der Waals surface area contributed by atoms with E-state index in [9.17, 15) is 13.6 Å². The number of hydrogen-bond donors (Lipinski definition) is 0. The first-order chi connectivity index (χ1) is 12.1. The van der Waals surface area contributed by atoms with E-state index in [-0.39, 0.29) is 15.5 Å². The zero-order chi connectivity index (χ0) is 19.1. The molecule has 0 spiro atoms. The van der Waals surface area contributed by atoms with E-state index in [0.29, 0.717) is 35.1 Å². The van der Waals surface area contributed by atoms with Gasteiger partial charge in [-0.1, -0.05) is 19.1 Å². The molecule has 1 aliphatic heterocycles. The van der Waals surface area contributed by atoms with E-state index in [2.05, 4.69) is 0 Å². The average Bonchev–Trinajstić information content (AvgIpc) is 2.57. The van der Waals surface area contributed by atoms with E-state index in [1.54, 1.807) is 57.6 Å². The number of nitrogens with zero attached hydrogens (tertiary/aromatic N) is 2. The third-order valence-corrected chi connectivity index (χ3v) is 6.29. The van der Waals surface area contributed by atoms with Gasteiger partial charge in [-0.2, -0.15) is 0 Å².